The maximum Gasteiger partial charge on any atom is 0.218 e. The lowest BCUT2D eigenvalue weighted by Crippen LogP contribution is -2.19. The maximum absolute atomic E-state index is 9.91. The summed E-state index contributed by atoms with van der Waals surface area (Å²) in [6.07, 6.45) is 0. The highest BCUT2D eigenvalue weighted by molar-refractivity contribution is 7.80. The zero-order valence-corrected chi connectivity index (χ0v) is 16.2. The van der Waals surface area contributed by atoms with Crippen LogP contribution in [0.3, 0.4) is 0 Å². The lowest BCUT2D eigenvalue weighted by atomic mass is 9.98. The van der Waals surface area contributed by atoms with Crippen molar-refractivity contribution in [3.63, 3.8) is 0 Å². The topological polar surface area (TPSA) is 61.0 Å². The number of nitrogens with one attached hydrogen (secondary N) is 2. The monoisotopic (exact) mass is 395 g/mol. The van der Waals surface area contributed by atoms with Crippen molar-refractivity contribution >= 4 is 28.9 Å². The highest BCUT2D eigenvalue weighted by Gasteiger charge is 2.23. The van der Waals surface area contributed by atoms with E-state index in [1.165, 1.54) is 0 Å². The smallest absolute Gasteiger partial charge is 0.218 e. The molecule has 0 bridgehead atoms. The number of benzene rings is 3. The van der Waals surface area contributed by atoms with Gasteiger partial charge in [0.25, 0.3) is 0 Å². The van der Waals surface area contributed by atoms with Crippen LogP contribution in [0, 0.1) is 11.3 Å². The Hall–Kier alpha value is -3.88. The van der Waals surface area contributed by atoms with E-state index in [9.17, 15) is 5.26 Å². The number of rotatable bonds is 4. The molecule has 1 heterocycles. The molecule has 0 saturated heterocycles. The van der Waals surface area contributed by atoms with Crippen molar-refractivity contribution in [1.82, 2.24) is 0 Å². The van der Waals surface area contributed by atoms with Crippen LogP contribution in [-0.2, 0) is 0 Å². The summed E-state index contributed by atoms with van der Waals surface area (Å²) >= 11 is 5.42. The molecular weight excluding hydrogens is 378 g/mol. The van der Waals surface area contributed by atoms with E-state index in [-0.39, 0.29) is 0 Å². The molecule has 4 aromatic rings. The number of para-hydroxylation sites is 1. The Labute approximate surface area is 174 Å². The van der Waals surface area contributed by atoms with Gasteiger partial charge in [0.15, 0.2) is 5.11 Å². The SMILES string of the molecule is N#Cc1c(NC(=S)Nc2ccccc2)oc(-c2ccccc2)c1-c1ccccc1. The Morgan fingerprint density at radius 2 is 1.31 bits per heavy atom. The molecule has 5 heteroatoms. The molecule has 0 atom stereocenters. The van der Waals surface area contributed by atoms with Gasteiger partial charge in [-0.2, -0.15) is 5.26 Å². The summed E-state index contributed by atoms with van der Waals surface area (Å²) in [5.74, 6) is 0.942. The number of hydrogen-bond donors (Lipinski definition) is 2. The molecule has 0 amide bonds. The van der Waals surface area contributed by atoms with Gasteiger partial charge in [-0.1, -0.05) is 78.9 Å². The Kier molecular flexibility index (Phi) is 5.37. The van der Waals surface area contributed by atoms with Gasteiger partial charge >= 0.3 is 0 Å². The fourth-order valence-corrected chi connectivity index (χ4v) is 3.30. The molecule has 0 spiro atoms. The third-order valence-corrected chi connectivity index (χ3v) is 4.58. The Balaban J connectivity index is 1.76. The van der Waals surface area contributed by atoms with Gasteiger partial charge in [-0.3, -0.25) is 0 Å². The normalized spacial score (nSPS) is 10.2. The third kappa shape index (κ3) is 4.03. The fourth-order valence-electron chi connectivity index (χ4n) is 3.09. The molecule has 3 aromatic carbocycles. The number of nitrogens with zero attached hydrogens (tertiary/aromatic N) is 1. The maximum atomic E-state index is 9.91. The zero-order chi connectivity index (χ0) is 20.1. The number of anilines is 2. The third-order valence-electron chi connectivity index (χ3n) is 4.38. The van der Waals surface area contributed by atoms with Crippen LogP contribution in [0.1, 0.15) is 5.56 Å². The fraction of sp³-hybridized carbons (Fsp3) is 0. The van der Waals surface area contributed by atoms with Gasteiger partial charge < -0.3 is 15.1 Å². The molecule has 2 N–H and O–H groups in total. The van der Waals surface area contributed by atoms with Crippen molar-refractivity contribution in [2.24, 2.45) is 0 Å². The summed E-state index contributed by atoms with van der Waals surface area (Å²) in [6.45, 7) is 0. The summed E-state index contributed by atoms with van der Waals surface area (Å²) in [5, 5.41) is 16.4. The van der Waals surface area contributed by atoms with E-state index in [2.05, 4.69) is 16.7 Å². The molecule has 1 aromatic heterocycles. The van der Waals surface area contributed by atoms with Crippen LogP contribution in [0.5, 0.6) is 0 Å². The number of hydrogen-bond acceptors (Lipinski definition) is 3. The van der Waals surface area contributed by atoms with Crippen LogP contribution in [0.2, 0.25) is 0 Å². The van der Waals surface area contributed by atoms with Gasteiger partial charge in [0.1, 0.15) is 17.4 Å². The van der Waals surface area contributed by atoms with Crippen LogP contribution < -0.4 is 10.6 Å². The van der Waals surface area contributed by atoms with Crippen LogP contribution in [0.25, 0.3) is 22.5 Å². The molecule has 4 nitrogen and oxygen atoms in total. The lowest BCUT2D eigenvalue weighted by molar-refractivity contribution is 0.601. The molecule has 0 aliphatic heterocycles. The van der Waals surface area contributed by atoms with E-state index in [1.807, 2.05) is 91.0 Å². The largest absolute Gasteiger partial charge is 0.438 e. The molecule has 140 valence electrons. The van der Waals surface area contributed by atoms with Crippen molar-refractivity contribution in [1.29, 1.82) is 5.26 Å². The lowest BCUT2D eigenvalue weighted by Gasteiger charge is -2.08. The van der Waals surface area contributed by atoms with E-state index in [4.69, 9.17) is 16.6 Å². The molecule has 0 saturated carbocycles. The van der Waals surface area contributed by atoms with Crippen molar-refractivity contribution in [3.05, 3.63) is 96.6 Å². The zero-order valence-electron chi connectivity index (χ0n) is 15.4. The molecule has 0 fully saturated rings. The highest BCUT2D eigenvalue weighted by atomic mass is 32.1. The Morgan fingerprint density at radius 3 is 1.90 bits per heavy atom. The first-order valence-electron chi connectivity index (χ1n) is 9.07. The van der Waals surface area contributed by atoms with E-state index in [0.29, 0.717) is 22.3 Å². The number of nitriles is 1. The first kappa shape index (κ1) is 18.5. The summed E-state index contributed by atoms with van der Waals surface area (Å²) in [7, 11) is 0. The van der Waals surface area contributed by atoms with Crippen molar-refractivity contribution in [2.45, 2.75) is 0 Å². The quantitative estimate of drug-likeness (QED) is 0.397. The van der Waals surface area contributed by atoms with Gasteiger partial charge in [-0.15, -0.1) is 0 Å². The van der Waals surface area contributed by atoms with Crippen LogP contribution in [0.4, 0.5) is 11.6 Å². The van der Waals surface area contributed by atoms with Crippen molar-refractivity contribution in [2.75, 3.05) is 10.6 Å². The molecule has 0 aliphatic carbocycles. The second kappa shape index (κ2) is 8.42. The van der Waals surface area contributed by atoms with Gasteiger partial charge in [-0.05, 0) is 29.9 Å². The standard InChI is InChI=1S/C24H17N3OS/c25-16-20-21(17-10-4-1-5-11-17)22(18-12-6-2-7-13-18)28-23(20)27-24(29)26-19-14-8-3-9-15-19/h1-15H,(H2,26,27,29). The minimum absolute atomic E-state index is 0.318. The average molecular weight is 395 g/mol. The Morgan fingerprint density at radius 1 is 0.759 bits per heavy atom. The van der Waals surface area contributed by atoms with Gasteiger partial charge in [-0.25, -0.2) is 0 Å². The van der Waals surface area contributed by atoms with E-state index >= 15 is 0 Å². The van der Waals surface area contributed by atoms with Crippen LogP contribution >= 0.6 is 12.2 Å². The molecule has 4 rings (SSSR count). The average Bonchev–Trinajstić information content (AvgIpc) is 3.13. The van der Waals surface area contributed by atoms with Gasteiger partial charge in [0.2, 0.25) is 5.88 Å². The molecular formula is C24H17N3OS. The first-order valence-corrected chi connectivity index (χ1v) is 9.48. The second-order valence-corrected chi connectivity index (χ2v) is 6.71. The number of thiocarbonyl (C=S) groups is 1. The minimum atomic E-state index is 0.318. The highest BCUT2D eigenvalue weighted by Crippen LogP contribution is 2.41. The molecule has 0 aliphatic rings. The minimum Gasteiger partial charge on any atom is -0.438 e. The summed E-state index contributed by atoms with van der Waals surface area (Å²) in [6, 6.07) is 31.3. The van der Waals surface area contributed by atoms with Gasteiger partial charge in [0, 0.05) is 16.8 Å². The van der Waals surface area contributed by atoms with E-state index in [0.717, 1.165) is 22.4 Å². The summed E-state index contributed by atoms with van der Waals surface area (Å²) in [5.41, 5.74) is 3.79. The Bertz CT molecular complexity index is 1160. The molecule has 29 heavy (non-hydrogen) atoms. The summed E-state index contributed by atoms with van der Waals surface area (Å²) < 4.78 is 6.12. The summed E-state index contributed by atoms with van der Waals surface area (Å²) in [4.78, 5) is 0. The molecule has 0 unspecified atom stereocenters. The number of furan rings is 1. The predicted octanol–water partition coefficient (Wildman–Crippen LogP) is 6.29. The molecule has 0 radical (unpaired) electrons. The van der Waals surface area contributed by atoms with Crippen molar-refractivity contribution < 1.29 is 4.42 Å². The van der Waals surface area contributed by atoms with Crippen LogP contribution in [0.15, 0.2) is 95.4 Å². The van der Waals surface area contributed by atoms with E-state index in [1.54, 1.807) is 0 Å². The van der Waals surface area contributed by atoms with Crippen molar-refractivity contribution in [3.8, 4) is 28.5 Å². The van der Waals surface area contributed by atoms with E-state index < -0.39 is 0 Å². The first-order chi connectivity index (χ1) is 14.3. The van der Waals surface area contributed by atoms with Crippen LogP contribution in [-0.4, -0.2) is 5.11 Å². The predicted molar refractivity (Wildman–Crippen MR) is 121 cm³/mol. The second-order valence-electron chi connectivity index (χ2n) is 6.30. The van der Waals surface area contributed by atoms with Gasteiger partial charge in [0.05, 0.1) is 0 Å².